The van der Waals surface area contributed by atoms with E-state index in [1.807, 2.05) is 42.7 Å². The van der Waals surface area contributed by atoms with E-state index in [9.17, 15) is 9.59 Å². The van der Waals surface area contributed by atoms with Crippen LogP contribution < -0.4 is 0 Å². The Bertz CT molecular complexity index is 1210. The molecule has 5 heterocycles. The number of piperidine rings is 1. The lowest BCUT2D eigenvalue weighted by molar-refractivity contribution is -0.136. The van der Waals surface area contributed by atoms with E-state index < -0.39 is 0 Å². The van der Waals surface area contributed by atoms with Gasteiger partial charge in [0.1, 0.15) is 11.5 Å². The third-order valence-corrected chi connectivity index (χ3v) is 7.21. The summed E-state index contributed by atoms with van der Waals surface area (Å²) in [5, 5.41) is 4.71. The van der Waals surface area contributed by atoms with Crippen molar-refractivity contribution in [2.24, 2.45) is 5.92 Å². The summed E-state index contributed by atoms with van der Waals surface area (Å²) in [4.78, 5) is 35.2. The summed E-state index contributed by atoms with van der Waals surface area (Å²) in [7, 11) is 0. The summed E-state index contributed by atoms with van der Waals surface area (Å²) >= 11 is 0. The number of hydrogen-bond acceptors (Lipinski definition) is 6. The van der Waals surface area contributed by atoms with Gasteiger partial charge in [-0.3, -0.25) is 9.59 Å². The molecule has 0 N–H and O–H groups in total. The van der Waals surface area contributed by atoms with Crippen LogP contribution in [-0.4, -0.2) is 57.9 Å². The molecule has 0 atom stereocenters. The van der Waals surface area contributed by atoms with Gasteiger partial charge in [0, 0.05) is 37.7 Å². The Labute approximate surface area is 199 Å². The van der Waals surface area contributed by atoms with Gasteiger partial charge in [-0.2, -0.15) is 0 Å². The number of fused-ring (bicyclic) bond motifs is 1. The number of likely N-dealkylation sites (tertiary alicyclic amines) is 2. The van der Waals surface area contributed by atoms with Gasteiger partial charge in [0.25, 0.3) is 11.6 Å². The Morgan fingerprint density at radius 3 is 2.29 bits per heavy atom. The minimum Gasteiger partial charge on any atom is -0.466 e. The number of pyridine rings is 1. The molecule has 0 aliphatic carbocycles. The molecule has 0 saturated carbocycles. The van der Waals surface area contributed by atoms with Crippen molar-refractivity contribution in [3.8, 4) is 11.3 Å². The van der Waals surface area contributed by atoms with Crippen LogP contribution in [0.3, 0.4) is 0 Å². The highest BCUT2D eigenvalue weighted by molar-refractivity contribution is 6.07. The number of furan rings is 1. The smallest absolute Gasteiger partial charge is 0.259 e. The SMILES string of the molecule is Cc1cc(-c2cc(C(=O)N3CCC(C(=O)N4CCCCCC4)CC3)c3c(C)noc3n2)c(C)o1. The molecule has 180 valence electrons. The third-order valence-electron chi connectivity index (χ3n) is 7.21. The molecule has 0 unspecified atom stereocenters. The summed E-state index contributed by atoms with van der Waals surface area (Å²) in [5.74, 6) is 1.73. The van der Waals surface area contributed by atoms with E-state index in [-0.39, 0.29) is 17.7 Å². The topological polar surface area (TPSA) is 92.7 Å². The van der Waals surface area contributed by atoms with E-state index in [2.05, 4.69) is 10.1 Å². The quantitative estimate of drug-likeness (QED) is 0.560. The van der Waals surface area contributed by atoms with Gasteiger partial charge < -0.3 is 18.7 Å². The second kappa shape index (κ2) is 9.24. The van der Waals surface area contributed by atoms with Gasteiger partial charge in [0.15, 0.2) is 0 Å². The second-order valence-electron chi connectivity index (χ2n) is 9.64. The molecule has 8 nitrogen and oxygen atoms in total. The summed E-state index contributed by atoms with van der Waals surface area (Å²) in [5.41, 5.74) is 3.00. The van der Waals surface area contributed by atoms with Crippen LogP contribution in [-0.2, 0) is 4.79 Å². The fraction of sp³-hybridized carbons (Fsp3) is 0.538. The van der Waals surface area contributed by atoms with Crippen LogP contribution in [0.4, 0.5) is 0 Å². The highest BCUT2D eigenvalue weighted by Gasteiger charge is 2.32. The molecule has 2 saturated heterocycles. The molecule has 0 spiro atoms. The molecule has 8 heteroatoms. The lowest BCUT2D eigenvalue weighted by Gasteiger charge is -2.34. The number of amides is 2. The van der Waals surface area contributed by atoms with Crippen LogP contribution in [0.1, 0.15) is 66.1 Å². The van der Waals surface area contributed by atoms with Crippen LogP contribution >= 0.6 is 0 Å². The number of carbonyl (C=O) groups excluding carboxylic acids is 2. The van der Waals surface area contributed by atoms with E-state index in [0.717, 1.165) is 43.0 Å². The molecule has 2 aliphatic heterocycles. The number of rotatable bonds is 3. The molecule has 2 amide bonds. The predicted octanol–water partition coefficient (Wildman–Crippen LogP) is 4.66. The first-order valence-electron chi connectivity index (χ1n) is 12.3. The van der Waals surface area contributed by atoms with Gasteiger partial charge in [-0.05, 0) is 58.6 Å². The Kier molecular flexibility index (Phi) is 6.15. The summed E-state index contributed by atoms with van der Waals surface area (Å²) in [6, 6.07) is 3.74. The lowest BCUT2D eigenvalue weighted by atomic mass is 9.94. The average molecular weight is 465 g/mol. The van der Waals surface area contributed by atoms with Crippen molar-refractivity contribution >= 4 is 22.9 Å². The molecule has 2 fully saturated rings. The fourth-order valence-corrected chi connectivity index (χ4v) is 5.34. The van der Waals surface area contributed by atoms with Crippen LogP contribution in [0.25, 0.3) is 22.4 Å². The first kappa shape index (κ1) is 22.6. The van der Waals surface area contributed by atoms with Crippen molar-refractivity contribution in [3.63, 3.8) is 0 Å². The molecule has 0 bridgehead atoms. The molecule has 3 aromatic heterocycles. The number of hydrogen-bond donors (Lipinski definition) is 0. The van der Waals surface area contributed by atoms with Gasteiger partial charge in [-0.15, -0.1) is 0 Å². The average Bonchev–Trinajstić information content (AvgIpc) is 3.25. The molecular formula is C26H32N4O4. The Morgan fingerprint density at radius 2 is 1.65 bits per heavy atom. The molecular weight excluding hydrogens is 432 g/mol. The van der Waals surface area contributed by atoms with Crippen molar-refractivity contribution in [1.82, 2.24) is 19.9 Å². The number of carbonyl (C=O) groups is 2. The van der Waals surface area contributed by atoms with Crippen molar-refractivity contribution < 1.29 is 18.5 Å². The van der Waals surface area contributed by atoms with Gasteiger partial charge >= 0.3 is 0 Å². The zero-order valence-electron chi connectivity index (χ0n) is 20.2. The maximum absolute atomic E-state index is 13.7. The third kappa shape index (κ3) is 4.21. The Hall–Kier alpha value is -3.16. The van der Waals surface area contributed by atoms with E-state index in [0.29, 0.717) is 54.0 Å². The Morgan fingerprint density at radius 1 is 0.941 bits per heavy atom. The van der Waals surface area contributed by atoms with Crippen LogP contribution in [0.15, 0.2) is 21.1 Å². The maximum atomic E-state index is 13.7. The van der Waals surface area contributed by atoms with Gasteiger partial charge in [-0.1, -0.05) is 18.0 Å². The molecule has 2 aliphatic rings. The zero-order valence-corrected chi connectivity index (χ0v) is 20.2. The minimum absolute atomic E-state index is 0.00375. The fourth-order valence-electron chi connectivity index (χ4n) is 5.34. The van der Waals surface area contributed by atoms with Crippen LogP contribution in [0.5, 0.6) is 0 Å². The zero-order chi connectivity index (χ0) is 23.8. The van der Waals surface area contributed by atoms with Crippen molar-refractivity contribution in [2.45, 2.75) is 59.3 Å². The molecule has 0 radical (unpaired) electrons. The lowest BCUT2D eigenvalue weighted by Crippen LogP contribution is -2.44. The minimum atomic E-state index is -0.0708. The predicted molar refractivity (Wildman–Crippen MR) is 127 cm³/mol. The van der Waals surface area contributed by atoms with Gasteiger partial charge in [-0.25, -0.2) is 4.98 Å². The Balaban J connectivity index is 1.37. The standard InChI is InChI=1S/C26H32N4O4/c1-16-14-20(18(3)33-16)22-15-21(23-17(2)28-34-24(23)27-22)26(32)30-12-8-19(9-13-30)25(31)29-10-6-4-5-7-11-29/h14-15,19H,4-13H2,1-3H3. The normalized spacial score (nSPS) is 17.9. The first-order chi connectivity index (χ1) is 16.4. The van der Waals surface area contributed by atoms with Crippen molar-refractivity contribution in [2.75, 3.05) is 26.2 Å². The maximum Gasteiger partial charge on any atom is 0.259 e. The van der Waals surface area contributed by atoms with E-state index in [1.165, 1.54) is 12.8 Å². The monoisotopic (exact) mass is 464 g/mol. The molecule has 0 aromatic carbocycles. The van der Waals surface area contributed by atoms with Crippen LogP contribution in [0.2, 0.25) is 0 Å². The van der Waals surface area contributed by atoms with Gasteiger partial charge in [0.2, 0.25) is 5.91 Å². The first-order valence-corrected chi connectivity index (χ1v) is 12.3. The molecule has 3 aromatic rings. The highest BCUT2D eigenvalue weighted by atomic mass is 16.5. The summed E-state index contributed by atoms with van der Waals surface area (Å²) in [6.45, 7) is 8.46. The second-order valence-corrected chi connectivity index (χ2v) is 9.64. The number of nitrogens with zero attached hydrogens (tertiary/aromatic N) is 4. The summed E-state index contributed by atoms with van der Waals surface area (Å²) < 4.78 is 11.1. The van der Waals surface area contributed by atoms with E-state index in [1.54, 1.807) is 0 Å². The molecule has 34 heavy (non-hydrogen) atoms. The van der Waals surface area contributed by atoms with Gasteiger partial charge in [0.05, 0.1) is 22.3 Å². The van der Waals surface area contributed by atoms with E-state index in [4.69, 9.17) is 8.94 Å². The number of aryl methyl sites for hydroxylation is 3. The summed E-state index contributed by atoms with van der Waals surface area (Å²) in [6.07, 6.45) is 6.00. The van der Waals surface area contributed by atoms with E-state index >= 15 is 0 Å². The molecule has 5 rings (SSSR count). The largest absolute Gasteiger partial charge is 0.466 e. The van der Waals surface area contributed by atoms with Crippen molar-refractivity contribution in [1.29, 1.82) is 0 Å². The van der Waals surface area contributed by atoms with Crippen molar-refractivity contribution in [3.05, 3.63) is 34.9 Å². The number of aromatic nitrogens is 2. The highest BCUT2D eigenvalue weighted by Crippen LogP contribution is 2.32. The van der Waals surface area contributed by atoms with Crippen LogP contribution in [0, 0.1) is 26.7 Å².